The van der Waals surface area contributed by atoms with Crippen molar-refractivity contribution in [1.82, 2.24) is 20.2 Å². The molecule has 28 heavy (non-hydrogen) atoms. The van der Waals surface area contributed by atoms with Crippen LogP contribution in [0.4, 0.5) is 0 Å². The maximum atomic E-state index is 12.7. The van der Waals surface area contributed by atoms with E-state index in [0.717, 1.165) is 51.0 Å². The fraction of sp³-hybridized carbons (Fsp3) is 0.571. The quantitative estimate of drug-likeness (QED) is 0.854. The van der Waals surface area contributed by atoms with Crippen molar-refractivity contribution < 1.29 is 9.53 Å². The first-order chi connectivity index (χ1) is 13.5. The van der Waals surface area contributed by atoms with Gasteiger partial charge in [0.2, 0.25) is 0 Å². The standard InChI is InChI=1S/C21H28N4O2S/c1-15-11-23-18(12-22-15)20(26)24-19-5-3-4-8-21(19)14-25(9-10-27-21)13-17-7-6-16(2)28-17/h6-7,11-12,19H,3-5,8-10,13-14H2,1-2H3,(H,24,26)/t19-,21+/m1/s1. The summed E-state index contributed by atoms with van der Waals surface area (Å²) < 4.78 is 6.36. The Morgan fingerprint density at radius 3 is 2.96 bits per heavy atom. The number of morpholine rings is 1. The van der Waals surface area contributed by atoms with Gasteiger partial charge in [0, 0.05) is 35.6 Å². The van der Waals surface area contributed by atoms with Gasteiger partial charge in [-0.15, -0.1) is 11.3 Å². The monoisotopic (exact) mass is 400 g/mol. The fourth-order valence-electron chi connectivity index (χ4n) is 4.32. The van der Waals surface area contributed by atoms with Crippen LogP contribution in [0.5, 0.6) is 0 Å². The highest BCUT2D eigenvalue weighted by Gasteiger charge is 2.46. The van der Waals surface area contributed by atoms with Gasteiger partial charge < -0.3 is 10.1 Å². The Bertz CT molecular complexity index is 818. The lowest BCUT2D eigenvalue weighted by molar-refractivity contribution is -0.143. The van der Waals surface area contributed by atoms with E-state index in [1.165, 1.54) is 9.75 Å². The van der Waals surface area contributed by atoms with Crippen molar-refractivity contribution in [3.63, 3.8) is 0 Å². The minimum Gasteiger partial charge on any atom is -0.370 e. The highest BCUT2D eigenvalue weighted by Crippen LogP contribution is 2.35. The van der Waals surface area contributed by atoms with E-state index in [9.17, 15) is 4.79 Å². The van der Waals surface area contributed by atoms with Crippen molar-refractivity contribution in [3.8, 4) is 0 Å². The molecular formula is C21H28N4O2S. The van der Waals surface area contributed by atoms with Crippen LogP contribution in [0.1, 0.15) is 51.6 Å². The van der Waals surface area contributed by atoms with Crippen LogP contribution in [0, 0.1) is 13.8 Å². The third kappa shape index (κ3) is 4.26. The molecule has 0 aromatic carbocycles. The summed E-state index contributed by atoms with van der Waals surface area (Å²) in [4.78, 5) is 26.4. The summed E-state index contributed by atoms with van der Waals surface area (Å²) >= 11 is 1.86. The van der Waals surface area contributed by atoms with Gasteiger partial charge in [0.1, 0.15) is 11.3 Å². The van der Waals surface area contributed by atoms with E-state index >= 15 is 0 Å². The number of thiophene rings is 1. The van der Waals surface area contributed by atoms with Gasteiger partial charge in [-0.05, 0) is 38.8 Å². The lowest BCUT2D eigenvalue weighted by atomic mass is 9.78. The second-order valence-electron chi connectivity index (χ2n) is 7.95. The van der Waals surface area contributed by atoms with Crippen LogP contribution in [0.25, 0.3) is 0 Å². The number of hydrogen-bond donors (Lipinski definition) is 1. The number of carbonyl (C=O) groups excluding carboxylic acids is 1. The summed E-state index contributed by atoms with van der Waals surface area (Å²) in [6, 6.07) is 4.41. The molecule has 2 aliphatic rings. The van der Waals surface area contributed by atoms with Crippen LogP contribution in [-0.2, 0) is 11.3 Å². The average molecular weight is 401 g/mol. The molecule has 1 N–H and O–H groups in total. The summed E-state index contributed by atoms with van der Waals surface area (Å²) in [6.45, 7) is 7.46. The van der Waals surface area contributed by atoms with Gasteiger partial charge in [-0.25, -0.2) is 4.98 Å². The Labute approximate surface area is 170 Å². The van der Waals surface area contributed by atoms with Crippen molar-refractivity contribution in [2.45, 2.75) is 57.7 Å². The molecule has 2 aromatic rings. The molecule has 1 aliphatic carbocycles. The number of carbonyl (C=O) groups is 1. The lowest BCUT2D eigenvalue weighted by Crippen LogP contribution is -2.63. The summed E-state index contributed by atoms with van der Waals surface area (Å²) in [5.74, 6) is -0.159. The Hall–Kier alpha value is -1.83. The minimum absolute atomic E-state index is 0.00437. The zero-order valence-electron chi connectivity index (χ0n) is 16.6. The number of aryl methyl sites for hydroxylation is 2. The van der Waals surface area contributed by atoms with Crippen molar-refractivity contribution in [2.24, 2.45) is 0 Å². The van der Waals surface area contributed by atoms with E-state index in [1.54, 1.807) is 12.4 Å². The highest BCUT2D eigenvalue weighted by atomic mass is 32.1. The second-order valence-corrected chi connectivity index (χ2v) is 9.32. The molecule has 3 heterocycles. The first-order valence-electron chi connectivity index (χ1n) is 10.1. The number of amides is 1. The van der Waals surface area contributed by atoms with Crippen LogP contribution in [-0.4, -0.2) is 52.1 Å². The van der Waals surface area contributed by atoms with E-state index < -0.39 is 0 Å². The molecule has 1 saturated carbocycles. The molecule has 2 atom stereocenters. The Morgan fingerprint density at radius 1 is 1.32 bits per heavy atom. The lowest BCUT2D eigenvalue weighted by Gasteiger charge is -2.49. The number of hydrogen-bond acceptors (Lipinski definition) is 6. The molecule has 1 amide bonds. The van der Waals surface area contributed by atoms with E-state index in [2.05, 4.69) is 39.2 Å². The van der Waals surface area contributed by atoms with Gasteiger partial charge in [-0.2, -0.15) is 0 Å². The van der Waals surface area contributed by atoms with E-state index in [1.807, 2.05) is 18.3 Å². The average Bonchev–Trinajstić information content (AvgIpc) is 3.09. The predicted octanol–water partition coefficient (Wildman–Crippen LogP) is 3.10. The molecule has 1 saturated heterocycles. The molecule has 2 fully saturated rings. The third-order valence-electron chi connectivity index (χ3n) is 5.76. The number of rotatable bonds is 4. The summed E-state index contributed by atoms with van der Waals surface area (Å²) in [5, 5.41) is 3.21. The van der Waals surface area contributed by atoms with Gasteiger partial charge in [-0.3, -0.25) is 14.7 Å². The third-order valence-corrected chi connectivity index (χ3v) is 6.75. The van der Waals surface area contributed by atoms with Crippen molar-refractivity contribution in [2.75, 3.05) is 19.7 Å². The zero-order valence-corrected chi connectivity index (χ0v) is 17.4. The van der Waals surface area contributed by atoms with Crippen molar-refractivity contribution in [3.05, 3.63) is 45.7 Å². The highest BCUT2D eigenvalue weighted by molar-refractivity contribution is 7.11. The number of ether oxygens (including phenoxy) is 1. The molecule has 0 bridgehead atoms. The van der Waals surface area contributed by atoms with E-state index in [0.29, 0.717) is 12.3 Å². The molecule has 7 heteroatoms. The first kappa shape index (κ1) is 19.5. The normalized spacial score (nSPS) is 25.7. The number of aromatic nitrogens is 2. The maximum Gasteiger partial charge on any atom is 0.271 e. The predicted molar refractivity (Wildman–Crippen MR) is 110 cm³/mol. The molecule has 1 spiro atoms. The second kappa shape index (κ2) is 8.27. The van der Waals surface area contributed by atoms with Gasteiger partial charge in [0.15, 0.2) is 0 Å². The summed E-state index contributed by atoms with van der Waals surface area (Å²) in [6.07, 6.45) is 7.36. The molecule has 150 valence electrons. The summed E-state index contributed by atoms with van der Waals surface area (Å²) in [5.41, 5.74) is 0.866. The van der Waals surface area contributed by atoms with Crippen LogP contribution < -0.4 is 5.32 Å². The Balaban J connectivity index is 1.47. The Morgan fingerprint density at radius 2 is 2.21 bits per heavy atom. The maximum absolute atomic E-state index is 12.7. The van der Waals surface area contributed by atoms with Gasteiger partial charge in [-0.1, -0.05) is 12.8 Å². The first-order valence-corrected chi connectivity index (χ1v) is 10.9. The van der Waals surface area contributed by atoms with Crippen LogP contribution >= 0.6 is 11.3 Å². The SMILES string of the molecule is Cc1cnc(C(=O)N[C@@H]2CCCC[C@]23CN(Cc2ccc(C)s2)CCO3)cn1. The van der Waals surface area contributed by atoms with Gasteiger partial charge in [0.05, 0.1) is 24.5 Å². The smallest absolute Gasteiger partial charge is 0.271 e. The molecule has 2 aromatic heterocycles. The van der Waals surface area contributed by atoms with Gasteiger partial charge >= 0.3 is 0 Å². The van der Waals surface area contributed by atoms with Crippen LogP contribution in [0.2, 0.25) is 0 Å². The fourth-order valence-corrected chi connectivity index (χ4v) is 5.26. The minimum atomic E-state index is -0.309. The zero-order chi connectivity index (χ0) is 19.6. The molecular weight excluding hydrogens is 372 g/mol. The topological polar surface area (TPSA) is 67.4 Å². The van der Waals surface area contributed by atoms with Crippen LogP contribution in [0.15, 0.2) is 24.5 Å². The van der Waals surface area contributed by atoms with E-state index in [4.69, 9.17) is 4.74 Å². The molecule has 0 radical (unpaired) electrons. The Kier molecular flexibility index (Phi) is 5.75. The summed E-state index contributed by atoms with van der Waals surface area (Å²) in [7, 11) is 0. The molecule has 4 rings (SSSR count). The van der Waals surface area contributed by atoms with Crippen LogP contribution in [0.3, 0.4) is 0 Å². The largest absolute Gasteiger partial charge is 0.370 e. The molecule has 0 unspecified atom stereocenters. The van der Waals surface area contributed by atoms with E-state index in [-0.39, 0.29) is 17.6 Å². The molecule has 6 nitrogen and oxygen atoms in total. The van der Waals surface area contributed by atoms with Crippen molar-refractivity contribution >= 4 is 17.2 Å². The van der Waals surface area contributed by atoms with Crippen molar-refractivity contribution in [1.29, 1.82) is 0 Å². The number of nitrogens with zero attached hydrogens (tertiary/aromatic N) is 3. The van der Waals surface area contributed by atoms with Gasteiger partial charge in [0.25, 0.3) is 5.91 Å². The molecule has 1 aliphatic heterocycles. The number of nitrogens with one attached hydrogen (secondary N) is 1.